The van der Waals surface area contributed by atoms with Gasteiger partial charge in [-0.3, -0.25) is 4.90 Å². The number of carbonyl (C=O) groups excluding carboxylic acids is 1. The van der Waals surface area contributed by atoms with E-state index in [2.05, 4.69) is 25.4 Å². The van der Waals surface area contributed by atoms with Crippen molar-refractivity contribution < 1.29 is 19.0 Å². The van der Waals surface area contributed by atoms with Crippen LogP contribution < -0.4 is 0 Å². The van der Waals surface area contributed by atoms with Crippen LogP contribution >= 0.6 is 40.1 Å². The van der Waals surface area contributed by atoms with Crippen molar-refractivity contribution in [3.05, 3.63) is 63.0 Å². The Morgan fingerprint density at radius 1 is 1.22 bits per heavy atom. The number of phenols is 1. The molecule has 9 heteroatoms. The number of thioether (sulfide) groups is 1. The minimum absolute atomic E-state index is 0. The number of carbonyl (C=O) groups is 1. The van der Waals surface area contributed by atoms with Crippen LogP contribution in [0.1, 0.15) is 65.8 Å². The number of nitrogens with zero attached hydrogens (tertiary/aromatic N) is 2. The number of ether oxygens (including phenoxy) is 1. The smallest absolute Gasteiger partial charge is 0.340 e. The molecule has 2 aliphatic rings. The summed E-state index contributed by atoms with van der Waals surface area (Å²) in [5.74, 6) is 0.678. The van der Waals surface area contributed by atoms with Gasteiger partial charge in [0, 0.05) is 40.7 Å². The second-order valence-corrected chi connectivity index (χ2v) is 11.1. The molecule has 0 atom stereocenters. The van der Waals surface area contributed by atoms with Crippen molar-refractivity contribution in [2.45, 2.75) is 56.7 Å². The molecule has 0 bridgehead atoms. The molecule has 0 amide bonds. The molecule has 0 radical (unpaired) electrons. The Labute approximate surface area is 229 Å². The number of hydrogen-bond donors (Lipinski definition) is 1. The monoisotopic (exact) mass is 596 g/mol. The lowest BCUT2D eigenvalue weighted by Crippen LogP contribution is -2.19. The number of aromatic hydroxyl groups is 1. The fourth-order valence-electron chi connectivity index (χ4n) is 5.06. The van der Waals surface area contributed by atoms with E-state index in [4.69, 9.17) is 4.74 Å². The molecule has 1 aliphatic heterocycles. The number of phenolic OH excluding ortho intramolecular Hbond substituents is 1. The zero-order chi connectivity index (χ0) is 24.5. The van der Waals surface area contributed by atoms with Gasteiger partial charge >= 0.3 is 5.97 Å². The molecular formula is C27H31BrClFN2O3S. The van der Waals surface area contributed by atoms with Gasteiger partial charge in [0.25, 0.3) is 0 Å². The third-order valence-corrected chi connectivity index (χ3v) is 8.45. The number of halogens is 3. The fraction of sp³-hybridized carbons (Fsp3) is 0.444. The normalized spacial score (nSPS) is 15.9. The Bertz CT molecular complexity index is 1260. The molecule has 1 aromatic heterocycles. The number of esters is 1. The zero-order valence-electron chi connectivity index (χ0n) is 20.3. The molecule has 1 saturated carbocycles. The summed E-state index contributed by atoms with van der Waals surface area (Å²) >= 11 is 5.16. The van der Waals surface area contributed by atoms with E-state index < -0.39 is 0 Å². The molecule has 2 aromatic carbocycles. The lowest BCUT2D eigenvalue weighted by molar-refractivity contribution is 0.0527. The largest absolute Gasteiger partial charge is 0.506 e. The number of aromatic nitrogens is 1. The van der Waals surface area contributed by atoms with E-state index >= 15 is 0 Å². The Kier molecular flexibility index (Phi) is 8.92. The van der Waals surface area contributed by atoms with Crippen LogP contribution in [0.4, 0.5) is 4.39 Å². The van der Waals surface area contributed by atoms with Crippen LogP contribution in [0.25, 0.3) is 10.9 Å². The van der Waals surface area contributed by atoms with Crippen LogP contribution in [-0.2, 0) is 22.8 Å². The number of rotatable bonds is 9. The van der Waals surface area contributed by atoms with Gasteiger partial charge in [-0.05, 0) is 79.3 Å². The van der Waals surface area contributed by atoms with Crippen molar-refractivity contribution in [1.82, 2.24) is 9.47 Å². The van der Waals surface area contributed by atoms with Gasteiger partial charge in [-0.2, -0.15) is 11.8 Å². The van der Waals surface area contributed by atoms with Gasteiger partial charge in [-0.15, -0.1) is 12.4 Å². The Balaban J connectivity index is 0.00000304. The van der Waals surface area contributed by atoms with Crippen molar-refractivity contribution in [3.63, 3.8) is 0 Å². The fourth-order valence-corrected chi connectivity index (χ4v) is 6.55. The van der Waals surface area contributed by atoms with E-state index in [1.54, 1.807) is 23.9 Å². The number of likely N-dealkylation sites (tertiary alicyclic amines) is 1. The van der Waals surface area contributed by atoms with Gasteiger partial charge in [0.1, 0.15) is 11.6 Å². The molecule has 2 fully saturated rings. The highest BCUT2D eigenvalue weighted by Gasteiger charge is 2.35. The highest BCUT2D eigenvalue weighted by molar-refractivity contribution is 9.10. The summed E-state index contributed by atoms with van der Waals surface area (Å²) in [6.07, 6.45) is 4.39. The molecule has 0 unspecified atom stereocenters. The van der Waals surface area contributed by atoms with E-state index in [1.807, 2.05) is 19.1 Å². The molecule has 2 heterocycles. The molecule has 36 heavy (non-hydrogen) atoms. The number of benzene rings is 2. The summed E-state index contributed by atoms with van der Waals surface area (Å²) in [5, 5.41) is 11.9. The summed E-state index contributed by atoms with van der Waals surface area (Å²) in [7, 11) is 0. The van der Waals surface area contributed by atoms with Gasteiger partial charge in [-0.25, -0.2) is 9.18 Å². The van der Waals surface area contributed by atoms with Crippen molar-refractivity contribution in [2.75, 3.05) is 19.7 Å². The number of fused-ring (bicyclic) bond motifs is 1. The first kappa shape index (κ1) is 27.3. The Hall–Kier alpha value is -1.74. The van der Waals surface area contributed by atoms with E-state index in [9.17, 15) is 14.3 Å². The third-order valence-electron chi connectivity index (χ3n) is 6.85. The summed E-state index contributed by atoms with van der Waals surface area (Å²) in [6, 6.07) is 9.07. The van der Waals surface area contributed by atoms with Gasteiger partial charge in [0.05, 0.1) is 22.2 Å². The first-order valence-corrected chi connectivity index (χ1v) is 14.2. The Morgan fingerprint density at radius 3 is 2.61 bits per heavy atom. The molecule has 1 saturated heterocycles. The first-order chi connectivity index (χ1) is 17.0. The minimum atomic E-state index is -0.359. The van der Waals surface area contributed by atoms with Crippen LogP contribution in [0.2, 0.25) is 0 Å². The standard InChI is InChI=1S/C27H30BrFN2O3S.ClH/c1-2-34-27(33)25-23(16-35-15-17-7-3-4-8-21(17)29)31(18-9-10-18)22-13-20(28)26(32)19(24(22)25)14-30-11-5-6-12-30;/h3-4,7-8,13,18,32H,2,5-6,9-12,14-16H2,1H3;1H. The van der Waals surface area contributed by atoms with Gasteiger partial charge in [0.2, 0.25) is 0 Å². The quantitative estimate of drug-likeness (QED) is 0.264. The van der Waals surface area contributed by atoms with Crippen molar-refractivity contribution in [2.24, 2.45) is 0 Å². The molecule has 0 spiro atoms. The summed E-state index contributed by atoms with van der Waals surface area (Å²) in [5.41, 5.74) is 3.84. The third kappa shape index (κ3) is 5.42. The SMILES string of the molecule is CCOC(=O)c1c(CSCc2ccccc2F)n(C2CC2)c2cc(Br)c(O)c(CN3CCCC3)c12.Cl. The van der Waals surface area contributed by atoms with Gasteiger partial charge in [-0.1, -0.05) is 18.2 Å². The predicted octanol–water partition coefficient (Wildman–Crippen LogP) is 7.21. The van der Waals surface area contributed by atoms with E-state index in [0.29, 0.717) is 39.7 Å². The summed E-state index contributed by atoms with van der Waals surface area (Å²) < 4.78 is 22.7. The van der Waals surface area contributed by atoms with Crippen LogP contribution in [0, 0.1) is 5.82 Å². The van der Waals surface area contributed by atoms with Crippen molar-refractivity contribution in [1.29, 1.82) is 0 Å². The average Bonchev–Trinajstić information content (AvgIpc) is 3.44. The van der Waals surface area contributed by atoms with Crippen molar-refractivity contribution >= 4 is 57.0 Å². The van der Waals surface area contributed by atoms with Crippen LogP contribution in [-0.4, -0.2) is 40.2 Å². The maximum Gasteiger partial charge on any atom is 0.340 e. The van der Waals surface area contributed by atoms with Crippen LogP contribution in [0.3, 0.4) is 0 Å². The lowest BCUT2D eigenvalue weighted by atomic mass is 10.0. The van der Waals surface area contributed by atoms with Crippen molar-refractivity contribution in [3.8, 4) is 5.75 Å². The Morgan fingerprint density at radius 2 is 1.94 bits per heavy atom. The van der Waals surface area contributed by atoms with Crippen LogP contribution in [0.15, 0.2) is 34.8 Å². The van der Waals surface area contributed by atoms with E-state index in [1.165, 1.54) is 6.07 Å². The second-order valence-electron chi connectivity index (χ2n) is 9.29. The molecule has 1 N–H and O–H groups in total. The zero-order valence-corrected chi connectivity index (χ0v) is 23.5. The van der Waals surface area contributed by atoms with E-state index in [0.717, 1.165) is 60.9 Å². The topological polar surface area (TPSA) is 54.7 Å². The molecule has 5 rings (SSSR count). The average molecular weight is 598 g/mol. The van der Waals surface area contributed by atoms with Gasteiger partial charge < -0.3 is 14.4 Å². The lowest BCUT2D eigenvalue weighted by Gasteiger charge is -2.18. The number of hydrogen-bond acceptors (Lipinski definition) is 5. The first-order valence-electron chi connectivity index (χ1n) is 12.3. The molecule has 3 aromatic rings. The highest BCUT2D eigenvalue weighted by atomic mass is 79.9. The molecule has 1 aliphatic carbocycles. The maximum atomic E-state index is 14.2. The second kappa shape index (κ2) is 11.8. The predicted molar refractivity (Wildman–Crippen MR) is 149 cm³/mol. The molecular weight excluding hydrogens is 567 g/mol. The van der Waals surface area contributed by atoms with Gasteiger partial charge in [0.15, 0.2) is 0 Å². The highest BCUT2D eigenvalue weighted by Crippen LogP contribution is 2.47. The minimum Gasteiger partial charge on any atom is -0.506 e. The summed E-state index contributed by atoms with van der Waals surface area (Å²) in [6.45, 7) is 4.64. The maximum absolute atomic E-state index is 14.2. The van der Waals surface area contributed by atoms with E-state index in [-0.39, 0.29) is 36.5 Å². The molecule has 194 valence electrons. The molecule has 5 nitrogen and oxygen atoms in total. The van der Waals surface area contributed by atoms with Crippen LogP contribution in [0.5, 0.6) is 5.75 Å². The summed E-state index contributed by atoms with van der Waals surface area (Å²) in [4.78, 5) is 15.7.